The second-order valence-electron chi connectivity index (χ2n) is 4.29. The first-order valence-corrected chi connectivity index (χ1v) is 5.48. The van der Waals surface area contributed by atoms with Crippen molar-refractivity contribution in [2.24, 2.45) is 11.8 Å². The van der Waals surface area contributed by atoms with Crippen molar-refractivity contribution in [2.75, 3.05) is 0 Å². The highest BCUT2D eigenvalue weighted by Gasteiger charge is 2.19. The summed E-state index contributed by atoms with van der Waals surface area (Å²) < 4.78 is 0. The molecule has 80 valence electrons. The quantitative estimate of drug-likeness (QED) is 0.514. The minimum atomic E-state index is -0.238. The van der Waals surface area contributed by atoms with Crippen molar-refractivity contribution in [2.45, 2.75) is 46.0 Å². The van der Waals surface area contributed by atoms with E-state index in [-0.39, 0.29) is 4.92 Å². The van der Waals surface area contributed by atoms with E-state index in [1.54, 1.807) is 0 Å². The van der Waals surface area contributed by atoms with Gasteiger partial charge in [0.15, 0.2) is 0 Å². The Morgan fingerprint density at radius 2 is 2.00 bits per heavy atom. The Labute approximate surface area is 85.3 Å². The van der Waals surface area contributed by atoms with Crippen molar-refractivity contribution >= 4 is 0 Å². The lowest BCUT2D eigenvalue weighted by Crippen LogP contribution is -2.12. The molecule has 0 unspecified atom stereocenters. The number of allylic oxidation sites excluding steroid dienone is 2. The Bertz CT molecular complexity index is 227. The van der Waals surface area contributed by atoms with Crippen LogP contribution < -0.4 is 0 Å². The molecule has 0 bridgehead atoms. The molecule has 1 rings (SSSR count). The minimum Gasteiger partial charge on any atom is -0.259 e. The van der Waals surface area contributed by atoms with Gasteiger partial charge in [-0.15, -0.1) is 0 Å². The molecule has 0 spiro atoms. The lowest BCUT2D eigenvalue weighted by molar-refractivity contribution is -0.428. The summed E-state index contributed by atoms with van der Waals surface area (Å²) in [6, 6.07) is 0. The standard InChI is InChI=1S/C11H19NO2/c1-3-11(12(13)14)8-10-6-4-9(2)5-7-10/h8-10H,3-7H2,1-2H3/b11-8-. The first-order valence-electron chi connectivity index (χ1n) is 5.48. The van der Waals surface area contributed by atoms with Crippen molar-refractivity contribution in [3.63, 3.8) is 0 Å². The van der Waals surface area contributed by atoms with Crippen LogP contribution in [0.4, 0.5) is 0 Å². The zero-order valence-corrected chi connectivity index (χ0v) is 9.03. The van der Waals surface area contributed by atoms with Crippen molar-refractivity contribution < 1.29 is 4.92 Å². The number of hydrogen-bond acceptors (Lipinski definition) is 2. The number of nitrogens with zero attached hydrogens (tertiary/aromatic N) is 1. The topological polar surface area (TPSA) is 43.1 Å². The highest BCUT2D eigenvalue weighted by Crippen LogP contribution is 2.30. The Hall–Kier alpha value is -0.860. The van der Waals surface area contributed by atoms with Crippen LogP contribution in [0.3, 0.4) is 0 Å². The van der Waals surface area contributed by atoms with Crippen LogP contribution in [0.25, 0.3) is 0 Å². The fourth-order valence-electron chi connectivity index (χ4n) is 2.03. The minimum absolute atomic E-state index is 0.238. The van der Waals surface area contributed by atoms with E-state index in [2.05, 4.69) is 6.92 Å². The number of hydrogen-bond donors (Lipinski definition) is 0. The first-order chi connectivity index (χ1) is 6.63. The Balaban J connectivity index is 2.53. The van der Waals surface area contributed by atoms with Gasteiger partial charge in [-0.3, -0.25) is 10.1 Å². The molecule has 1 aliphatic rings. The second kappa shape index (κ2) is 5.13. The molecule has 1 saturated carbocycles. The van der Waals surface area contributed by atoms with Crippen molar-refractivity contribution in [1.29, 1.82) is 0 Å². The van der Waals surface area contributed by atoms with Crippen LogP contribution in [0.15, 0.2) is 11.8 Å². The Morgan fingerprint density at radius 3 is 2.43 bits per heavy atom. The van der Waals surface area contributed by atoms with E-state index in [1.165, 1.54) is 12.8 Å². The van der Waals surface area contributed by atoms with Gasteiger partial charge in [0.05, 0.1) is 4.92 Å². The van der Waals surface area contributed by atoms with Crippen LogP contribution in [-0.2, 0) is 0 Å². The van der Waals surface area contributed by atoms with Gasteiger partial charge in [0, 0.05) is 6.42 Å². The fourth-order valence-corrected chi connectivity index (χ4v) is 2.03. The van der Waals surface area contributed by atoms with E-state index >= 15 is 0 Å². The molecule has 0 amide bonds. The Kier molecular flexibility index (Phi) is 4.11. The average Bonchev–Trinajstić information content (AvgIpc) is 2.16. The smallest absolute Gasteiger partial charge is 0.242 e. The lowest BCUT2D eigenvalue weighted by atomic mass is 9.82. The maximum absolute atomic E-state index is 10.6. The van der Waals surface area contributed by atoms with E-state index in [0.717, 1.165) is 18.8 Å². The van der Waals surface area contributed by atoms with Crippen LogP contribution in [-0.4, -0.2) is 4.92 Å². The molecule has 0 aromatic heterocycles. The molecule has 0 saturated heterocycles. The molecular weight excluding hydrogens is 178 g/mol. The SMILES string of the molecule is CC/C(=C/C1CCC(C)CC1)[N+](=O)[O-]. The third-order valence-corrected chi connectivity index (χ3v) is 3.09. The van der Waals surface area contributed by atoms with Gasteiger partial charge in [-0.1, -0.05) is 26.7 Å². The highest BCUT2D eigenvalue weighted by atomic mass is 16.6. The van der Waals surface area contributed by atoms with Crippen LogP contribution in [0.2, 0.25) is 0 Å². The predicted octanol–water partition coefficient (Wildman–Crippen LogP) is 3.38. The van der Waals surface area contributed by atoms with Crippen LogP contribution >= 0.6 is 0 Å². The van der Waals surface area contributed by atoms with Crippen LogP contribution in [0.1, 0.15) is 46.0 Å². The summed E-state index contributed by atoms with van der Waals surface area (Å²) in [7, 11) is 0. The maximum atomic E-state index is 10.6. The van der Waals surface area contributed by atoms with E-state index < -0.39 is 0 Å². The largest absolute Gasteiger partial charge is 0.259 e. The lowest BCUT2D eigenvalue weighted by Gasteiger charge is -2.23. The monoisotopic (exact) mass is 197 g/mol. The molecule has 0 aromatic rings. The van der Waals surface area contributed by atoms with Gasteiger partial charge in [-0.25, -0.2) is 0 Å². The predicted molar refractivity (Wildman–Crippen MR) is 56.5 cm³/mol. The summed E-state index contributed by atoms with van der Waals surface area (Å²) in [5.41, 5.74) is 0.393. The van der Waals surface area contributed by atoms with Crippen molar-refractivity contribution in [3.05, 3.63) is 21.9 Å². The van der Waals surface area contributed by atoms with Gasteiger partial charge in [0.2, 0.25) is 5.70 Å². The zero-order valence-electron chi connectivity index (χ0n) is 9.03. The molecule has 0 N–H and O–H groups in total. The van der Waals surface area contributed by atoms with Gasteiger partial charge in [-0.05, 0) is 30.8 Å². The van der Waals surface area contributed by atoms with Gasteiger partial charge in [0.25, 0.3) is 0 Å². The molecule has 0 aliphatic heterocycles. The summed E-state index contributed by atoms with van der Waals surface area (Å²) in [5.74, 6) is 1.26. The summed E-state index contributed by atoms with van der Waals surface area (Å²) in [6.07, 6.45) is 7.10. The van der Waals surface area contributed by atoms with Gasteiger partial charge in [-0.2, -0.15) is 0 Å². The summed E-state index contributed by atoms with van der Waals surface area (Å²) in [4.78, 5) is 10.4. The molecular formula is C11H19NO2. The summed E-state index contributed by atoms with van der Waals surface area (Å²) >= 11 is 0. The van der Waals surface area contributed by atoms with Crippen LogP contribution in [0, 0.1) is 22.0 Å². The fraction of sp³-hybridized carbons (Fsp3) is 0.818. The van der Waals surface area contributed by atoms with E-state index in [4.69, 9.17) is 0 Å². The normalized spacial score (nSPS) is 28.9. The molecule has 0 radical (unpaired) electrons. The average molecular weight is 197 g/mol. The highest BCUT2D eigenvalue weighted by molar-refractivity contribution is 4.96. The van der Waals surface area contributed by atoms with Crippen molar-refractivity contribution in [3.8, 4) is 0 Å². The Morgan fingerprint density at radius 1 is 1.43 bits per heavy atom. The molecule has 1 fully saturated rings. The van der Waals surface area contributed by atoms with Gasteiger partial charge in [0.1, 0.15) is 0 Å². The van der Waals surface area contributed by atoms with Crippen molar-refractivity contribution in [1.82, 2.24) is 0 Å². The third-order valence-electron chi connectivity index (χ3n) is 3.09. The second-order valence-corrected chi connectivity index (χ2v) is 4.29. The summed E-state index contributed by atoms with van der Waals surface area (Å²) in [6.45, 7) is 4.11. The maximum Gasteiger partial charge on any atom is 0.242 e. The van der Waals surface area contributed by atoms with Gasteiger partial charge >= 0.3 is 0 Å². The summed E-state index contributed by atoms with van der Waals surface area (Å²) in [5, 5.41) is 10.6. The molecule has 0 aromatic carbocycles. The van der Waals surface area contributed by atoms with Gasteiger partial charge < -0.3 is 0 Å². The van der Waals surface area contributed by atoms with E-state index in [1.807, 2.05) is 13.0 Å². The van der Waals surface area contributed by atoms with Crippen LogP contribution in [0.5, 0.6) is 0 Å². The van der Waals surface area contributed by atoms with E-state index in [0.29, 0.717) is 18.0 Å². The molecule has 14 heavy (non-hydrogen) atoms. The zero-order chi connectivity index (χ0) is 10.6. The number of rotatable bonds is 3. The number of nitro groups is 1. The molecule has 0 heterocycles. The molecule has 3 nitrogen and oxygen atoms in total. The molecule has 3 heteroatoms. The molecule has 1 aliphatic carbocycles. The molecule has 0 atom stereocenters. The van der Waals surface area contributed by atoms with E-state index in [9.17, 15) is 10.1 Å². The third kappa shape index (κ3) is 3.13. The first kappa shape index (κ1) is 11.2.